The zero-order valence-corrected chi connectivity index (χ0v) is 21.3. The summed E-state index contributed by atoms with van der Waals surface area (Å²) in [7, 11) is 0. The molecular weight excluding hydrogens is 444 g/mol. The highest BCUT2D eigenvalue weighted by Gasteiger charge is 2.18. The van der Waals surface area contributed by atoms with E-state index in [4.69, 9.17) is 4.74 Å². The van der Waals surface area contributed by atoms with E-state index in [1.807, 2.05) is 12.1 Å². The van der Waals surface area contributed by atoms with Gasteiger partial charge in [-0.15, -0.1) is 0 Å². The van der Waals surface area contributed by atoms with Crippen molar-refractivity contribution in [3.63, 3.8) is 0 Å². The van der Waals surface area contributed by atoms with Gasteiger partial charge in [0.2, 0.25) is 0 Å². The molecule has 0 aliphatic carbocycles. The zero-order valence-electron chi connectivity index (χ0n) is 21.3. The summed E-state index contributed by atoms with van der Waals surface area (Å²) in [6.45, 7) is 4.34. The molecule has 0 saturated heterocycles. The standard InChI is InChI=1S/C32H34N2O2/c1-3-5-7-9-10-24-12-14-25(15-13-24)26-16-18-28(19-17-26)32(35)36-31-21-20-27(11-8-6-4-2)29(22-33)30(31)23-34/h12-21H,3-11H2,1-2H3. The molecule has 3 aromatic carbocycles. The normalized spacial score (nSPS) is 10.4. The Balaban J connectivity index is 1.69. The summed E-state index contributed by atoms with van der Waals surface area (Å²) in [6.07, 6.45) is 9.92. The number of rotatable bonds is 12. The van der Waals surface area contributed by atoms with Crippen LogP contribution in [-0.4, -0.2) is 5.97 Å². The molecule has 0 heterocycles. The maximum Gasteiger partial charge on any atom is 0.343 e. The number of carbonyl (C=O) groups is 1. The first-order valence-corrected chi connectivity index (χ1v) is 13.0. The Morgan fingerprint density at radius 1 is 0.694 bits per heavy atom. The Hall–Kier alpha value is -3.89. The van der Waals surface area contributed by atoms with Gasteiger partial charge in [0.15, 0.2) is 0 Å². The Kier molecular flexibility index (Phi) is 10.3. The van der Waals surface area contributed by atoms with Crippen LogP contribution in [0.1, 0.15) is 91.4 Å². The molecular formula is C32H34N2O2. The third-order valence-corrected chi connectivity index (χ3v) is 6.46. The smallest absolute Gasteiger partial charge is 0.343 e. The molecule has 0 aromatic heterocycles. The van der Waals surface area contributed by atoms with Gasteiger partial charge in [0.05, 0.1) is 11.1 Å². The number of unbranched alkanes of at least 4 members (excludes halogenated alkanes) is 5. The van der Waals surface area contributed by atoms with E-state index in [0.29, 0.717) is 11.1 Å². The fraction of sp³-hybridized carbons (Fsp3) is 0.344. The number of hydrogen-bond donors (Lipinski definition) is 0. The second-order valence-corrected chi connectivity index (χ2v) is 9.13. The van der Waals surface area contributed by atoms with E-state index < -0.39 is 5.97 Å². The van der Waals surface area contributed by atoms with Crippen LogP contribution in [0.4, 0.5) is 0 Å². The molecule has 4 heteroatoms. The highest BCUT2D eigenvalue weighted by atomic mass is 16.5. The van der Waals surface area contributed by atoms with Crippen molar-refractivity contribution in [2.45, 2.75) is 71.6 Å². The quantitative estimate of drug-likeness (QED) is 0.149. The third kappa shape index (κ3) is 7.06. The van der Waals surface area contributed by atoms with Crippen LogP contribution in [0.15, 0.2) is 60.7 Å². The number of benzene rings is 3. The molecule has 0 N–H and O–H groups in total. The van der Waals surface area contributed by atoms with E-state index in [-0.39, 0.29) is 11.3 Å². The highest BCUT2D eigenvalue weighted by molar-refractivity contribution is 5.92. The summed E-state index contributed by atoms with van der Waals surface area (Å²) < 4.78 is 5.55. The predicted molar refractivity (Wildman–Crippen MR) is 144 cm³/mol. The molecule has 0 atom stereocenters. The molecule has 0 bridgehead atoms. The summed E-state index contributed by atoms with van der Waals surface area (Å²) in [5.74, 6) is -0.431. The number of aryl methyl sites for hydroxylation is 2. The molecule has 0 saturated carbocycles. The van der Waals surface area contributed by atoms with Crippen molar-refractivity contribution in [1.82, 2.24) is 0 Å². The van der Waals surface area contributed by atoms with Gasteiger partial charge >= 0.3 is 5.97 Å². The van der Waals surface area contributed by atoms with Crippen molar-refractivity contribution in [3.8, 4) is 29.0 Å². The monoisotopic (exact) mass is 478 g/mol. The van der Waals surface area contributed by atoms with Crippen LogP contribution in [0.3, 0.4) is 0 Å². The minimum absolute atomic E-state index is 0.117. The van der Waals surface area contributed by atoms with Crippen LogP contribution in [0.25, 0.3) is 11.1 Å². The fourth-order valence-corrected chi connectivity index (χ4v) is 4.30. The largest absolute Gasteiger partial charge is 0.421 e. The Labute approximate surface area is 215 Å². The molecule has 0 unspecified atom stereocenters. The SMILES string of the molecule is CCCCCCc1ccc(-c2ccc(C(=O)Oc3ccc(CCCCC)c(C#N)c3C#N)cc2)cc1. The first kappa shape index (κ1) is 26.7. The molecule has 184 valence electrons. The maximum atomic E-state index is 12.8. The molecule has 0 spiro atoms. The van der Waals surface area contributed by atoms with Crippen molar-refractivity contribution in [2.75, 3.05) is 0 Å². The molecule has 36 heavy (non-hydrogen) atoms. The van der Waals surface area contributed by atoms with Crippen LogP contribution in [0, 0.1) is 22.7 Å². The van der Waals surface area contributed by atoms with E-state index in [1.54, 1.807) is 24.3 Å². The van der Waals surface area contributed by atoms with Crippen LogP contribution < -0.4 is 4.74 Å². The number of ether oxygens (including phenoxy) is 1. The van der Waals surface area contributed by atoms with Crippen molar-refractivity contribution in [3.05, 3.63) is 88.5 Å². The minimum Gasteiger partial charge on any atom is -0.421 e. The summed E-state index contributed by atoms with van der Waals surface area (Å²) >= 11 is 0. The number of carbonyl (C=O) groups excluding carboxylic acids is 1. The molecule has 0 amide bonds. The van der Waals surface area contributed by atoms with E-state index in [2.05, 4.69) is 50.3 Å². The van der Waals surface area contributed by atoms with E-state index >= 15 is 0 Å². The maximum absolute atomic E-state index is 12.8. The first-order chi connectivity index (χ1) is 17.6. The van der Waals surface area contributed by atoms with Gasteiger partial charge in [-0.1, -0.05) is 88.4 Å². The van der Waals surface area contributed by atoms with Crippen LogP contribution in [-0.2, 0) is 12.8 Å². The molecule has 3 aromatic rings. The third-order valence-electron chi connectivity index (χ3n) is 6.46. The lowest BCUT2D eigenvalue weighted by molar-refractivity contribution is 0.0734. The van der Waals surface area contributed by atoms with Crippen molar-refractivity contribution >= 4 is 5.97 Å². The van der Waals surface area contributed by atoms with Crippen molar-refractivity contribution in [1.29, 1.82) is 10.5 Å². The van der Waals surface area contributed by atoms with Gasteiger partial charge in [0, 0.05) is 0 Å². The lowest BCUT2D eigenvalue weighted by Gasteiger charge is -2.11. The predicted octanol–water partition coefficient (Wildman–Crippen LogP) is 8.17. The van der Waals surface area contributed by atoms with E-state index in [0.717, 1.165) is 48.8 Å². The van der Waals surface area contributed by atoms with Gasteiger partial charge in [-0.25, -0.2) is 4.79 Å². The van der Waals surface area contributed by atoms with Gasteiger partial charge in [0.1, 0.15) is 23.5 Å². The molecule has 0 aliphatic heterocycles. The zero-order chi connectivity index (χ0) is 25.8. The number of nitriles is 2. The minimum atomic E-state index is -0.553. The second-order valence-electron chi connectivity index (χ2n) is 9.13. The van der Waals surface area contributed by atoms with E-state index in [9.17, 15) is 15.3 Å². The topological polar surface area (TPSA) is 73.9 Å². The first-order valence-electron chi connectivity index (χ1n) is 13.0. The molecule has 0 fully saturated rings. The summed E-state index contributed by atoms with van der Waals surface area (Å²) in [5, 5.41) is 19.3. The average molecular weight is 479 g/mol. The lowest BCUT2D eigenvalue weighted by Crippen LogP contribution is -2.10. The Morgan fingerprint density at radius 2 is 1.28 bits per heavy atom. The second kappa shape index (κ2) is 13.9. The molecule has 4 nitrogen and oxygen atoms in total. The number of esters is 1. The highest BCUT2D eigenvalue weighted by Crippen LogP contribution is 2.27. The van der Waals surface area contributed by atoms with Crippen molar-refractivity contribution in [2.24, 2.45) is 0 Å². The fourth-order valence-electron chi connectivity index (χ4n) is 4.30. The van der Waals surface area contributed by atoms with E-state index in [1.165, 1.54) is 31.2 Å². The number of nitrogens with zero attached hydrogens (tertiary/aromatic N) is 2. The average Bonchev–Trinajstić information content (AvgIpc) is 2.92. The van der Waals surface area contributed by atoms with Gasteiger partial charge < -0.3 is 4.74 Å². The van der Waals surface area contributed by atoms with Crippen LogP contribution in [0.2, 0.25) is 0 Å². The number of hydrogen-bond acceptors (Lipinski definition) is 4. The molecule has 0 aliphatic rings. The summed E-state index contributed by atoms with van der Waals surface area (Å²) in [6, 6.07) is 23.4. The van der Waals surface area contributed by atoms with Crippen molar-refractivity contribution < 1.29 is 9.53 Å². The molecule has 3 rings (SSSR count). The summed E-state index contributed by atoms with van der Waals surface area (Å²) in [5.41, 5.74) is 5.08. The van der Waals surface area contributed by atoms with Crippen LogP contribution in [0.5, 0.6) is 5.75 Å². The lowest BCUT2D eigenvalue weighted by atomic mass is 9.97. The molecule has 0 radical (unpaired) electrons. The van der Waals surface area contributed by atoms with Gasteiger partial charge in [-0.2, -0.15) is 10.5 Å². The van der Waals surface area contributed by atoms with Gasteiger partial charge in [-0.3, -0.25) is 0 Å². The van der Waals surface area contributed by atoms with Gasteiger partial charge in [-0.05, 0) is 66.1 Å². The van der Waals surface area contributed by atoms with Crippen LogP contribution >= 0.6 is 0 Å². The Morgan fingerprint density at radius 3 is 1.89 bits per heavy atom. The van der Waals surface area contributed by atoms with Gasteiger partial charge in [0.25, 0.3) is 0 Å². The Bertz CT molecular complexity index is 1230. The summed E-state index contributed by atoms with van der Waals surface area (Å²) in [4.78, 5) is 12.8.